The van der Waals surface area contributed by atoms with Gasteiger partial charge in [0.2, 0.25) is 0 Å². The highest BCUT2D eigenvalue weighted by molar-refractivity contribution is 5.74. The fourth-order valence-electron chi connectivity index (χ4n) is 1.15. The SMILES string of the molecule is O=C(O)C1NCC(O)[C@@H](O)[C@H]1O. The zero-order valence-electron chi connectivity index (χ0n) is 6.21. The quantitative estimate of drug-likeness (QED) is 0.294. The largest absolute Gasteiger partial charge is 0.480 e. The van der Waals surface area contributed by atoms with Crippen molar-refractivity contribution in [1.29, 1.82) is 0 Å². The maximum absolute atomic E-state index is 10.4. The molecule has 12 heavy (non-hydrogen) atoms. The van der Waals surface area contributed by atoms with E-state index in [1.807, 2.05) is 0 Å². The van der Waals surface area contributed by atoms with Crippen LogP contribution in [0.5, 0.6) is 0 Å². The number of carboxylic acids is 1. The summed E-state index contributed by atoms with van der Waals surface area (Å²) in [6, 6.07) is -1.21. The topological polar surface area (TPSA) is 110 Å². The van der Waals surface area contributed by atoms with E-state index in [4.69, 9.17) is 20.4 Å². The van der Waals surface area contributed by atoms with Gasteiger partial charge in [-0.3, -0.25) is 10.1 Å². The van der Waals surface area contributed by atoms with Crippen molar-refractivity contribution in [2.24, 2.45) is 0 Å². The molecule has 0 radical (unpaired) electrons. The Morgan fingerprint density at radius 3 is 2.33 bits per heavy atom. The van der Waals surface area contributed by atoms with Gasteiger partial charge >= 0.3 is 5.97 Å². The summed E-state index contributed by atoms with van der Waals surface area (Å²) in [6.45, 7) is -0.0325. The fraction of sp³-hybridized carbons (Fsp3) is 0.833. The lowest BCUT2D eigenvalue weighted by molar-refractivity contribution is -0.152. The molecule has 4 atom stereocenters. The van der Waals surface area contributed by atoms with Gasteiger partial charge in [0.1, 0.15) is 18.2 Å². The number of piperidine rings is 1. The molecule has 1 rings (SSSR count). The summed E-state index contributed by atoms with van der Waals surface area (Å²) >= 11 is 0. The smallest absolute Gasteiger partial charge is 0.323 e. The molecule has 0 aromatic rings. The van der Waals surface area contributed by atoms with Crippen molar-refractivity contribution in [1.82, 2.24) is 5.32 Å². The predicted molar refractivity (Wildman–Crippen MR) is 37.4 cm³/mol. The van der Waals surface area contributed by atoms with E-state index >= 15 is 0 Å². The van der Waals surface area contributed by atoms with Crippen LogP contribution in [0.15, 0.2) is 0 Å². The molecule has 1 fully saturated rings. The molecule has 1 aliphatic rings. The van der Waals surface area contributed by atoms with Crippen LogP contribution in [0.4, 0.5) is 0 Å². The maximum atomic E-state index is 10.4. The first-order chi connectivity index (χ1) is 5.54. The van der Waals surface area contributed by atoms with Crippen LogP contribution in [0.1, 0.15) is 0 Å². The number of carbonyl (C=O) groups is 1. The van der Waals surface area contributed by atoms with E-state index in [1.54, 1.807) is 0 Å². The molecule has 5 N–H and O–H groups in total. The van der Waals surface area contributed by atoms with Gasteiger partial charge in [0.25, 0.3) is 0 Å². The minimum absolute atomic E-state index is 0.0325. The summed E-state index contributed by atoms with van der Waals surface area (Å²) in [5.41, 5.74) is 0. The van der Waals surface area contributed by atoms with Crippen LogP contribution in [-0.2, 0) is 4.79 Å². The molecule has 0 aromatic heterocycles. The Bertz CT molecular complexity index is 185. The van der Waals surface area contributed by atoms with Gasteiger partial charge in [0.15, 0.2) is 0 Å². The summed E-state index contributed by atoms with van der Waals surface area (Å²) in [6.07, 6.45) is -3.98. The van der Waals surface area contributed by atoms with Crippen LogP contribution in [0.25, 0.3) is 0 Å². The lowest BCUT2D eigenvalue weighted by Gasteiger charge is -2.33. The third-order valence-electron chi connectivity index (χ3n) is 1.90. The normalized spacial score (nSPS) is 42.6. The van der Waals surface area contributed by atoms with Crippen molar-refractivity contribution < 1.29 is 25.2 Å². The first kappa shape index (κ1) is 9.40. The molecule has 0 aliphatic carbocycles. The van der Waals surface area contributed by atoms with E-state index in [1.165, 1.54) is 0 Å². The van der Waals surface area contributed by atoms with Crippen LogP contribution in [-0.4, -0.2) is 57.3 Å². The molecular formula is C6H11NO5. The number of hydrogen-bond acceptors (Lipinski definition) is 5. The molecule has 1 saturated heterocycles. The van der Waals surface area contributed by atoms with Gasteiger partial charge in [-0.05, 0) is 0 Å². The summed E-state index contributed by atoms with van der Waals surface area (Å²) in [5.74, 6) is -1.24. The Labute approximate surface area is 68.4 Å². The van der Waals surface area contributed by atoms with Crippen LogP contribution < -0.4 is 5.32 Å². The number of aliphatic carboxylic acids is 1. The lowest BCUT2D eigenvalue weighted by Crippen LogP contribution is -2.62. The standard InChI is InChI=1S/C6H11NO5/c8-2-1-7-3(6(11)12)5(10)4(2)9/h2-5,7-10H,1H2,(H,11,12)/t2?,3?,4-,5+/m1/s1. The highest BCUT2D eigenvalue weighted by Gasteiger charge is 2.39. The van der Waals surface area contributed by atoms with E-state index < -0.39 is 30.3 Å². The number of aliphatic hydroxyl groups is 3. The van der Waals surface area contributed by atoms with Crippen molar-refractivity contribution in [2.75, 3.05) is 6.54 Å². The van der Waals surface area contributed by atoms with Gasteiger partial charge in [0, 0.05) is 6.54 Å². The zero-order chi connectivity index (χ0) is 9.30. The molecule has 70 valence electrons. The van der Waals surface area contributed by atoms with Crippen LogP contribution >= 0.6 is 0 Å². The maximum Gasteiger partial charge on any atom is 0.323 e. The van der Waals surface area contributed by atoms with Crippen molar-refractivity contribution in [3.8, 4) is 0 Å². The highest BCUT2D eigenvalue weighted by Crippen LogP contribution is 2.10. The zero-order valence-corrected chi connectivity index (χ0v) is 6.21. The fourth-order valence-corrected chi connectivity index (χ4v) is 1.15. The van der Waals surface area contributed by atoms with Gasteiger partial charge in [-0.1, -0.05) is 0 Å². The van der Waals surface area contributed by atoms with Gasteiger partial charge in [0.05, 0.1) is 6.10 Å². The van der Waals surface area contributed by atoms with E-state index in [2.05, 4.69) is 5.32 Å². The molecule has 2 unspecified atom stereocenters. The predicted octanol–water partition coefficient (Wildman–Crippen LogP) is -2.87. The molecule has 0 amide bonds. The summed E-state index contributed by atoms with van der Waals surface area (Å²) in [7, 11) is 0. The van der Waals surface area contributed by atoms with Crippen molar-refractivity contribution >= 4 is 5.97 Å². The first-order valence-electron chi connectivity index (χ1n) is 3.54. The van der Waals surface area contributed by atoms with Crippen LogP contribution in [0, 0.1) is 0 Å². The number of β-amino-alcohol motifs (C(OH)–C–C–N with tert-alkyl or cyclic N) is 1. The second-order valence-electron chi connectivity index (χ2n) is 2.77. The molecule has 1 aliphatic heterocycles. The first-order valence-corrected chi connectivity index (χ1v) is 3.54. The highest BCUT2D eigenvalue weighted by atomic mass is 16.4. The third kappa shape index (κ3) is 1.56. The van der Waals surface area contributed by atoms with Gasteiger partial charge in [-0.25, -0.2) is 0 Å². The van der Waals surface area contributed by atoms with Gasteiger partial charge in [-0.2, -0.15) is 0 Å². The van der Waals surface area contributed by atoms with E-state index in [0.717, 1.165) is 0 Å². The van der Waals surface area contributed by atoms with Crippen molar-refractivity contribution in [3.63, 3.8) is 0 Å². The van der Waals surface area contributed by atoms with E-state index in [0.29, 0.717) is 0 Å². The molecule has 6 heteroatoms. The van der Waals surface area contributed by atoms with E-state index in [9.17, 15) is 4.79 Å². The molecule has 0 saturated carbocycles. The molecule has 6 nitrogen and oxygen atoms in total. The minimum atomic E-state index is -1.47. The third-order valence-corrected chi connectivity index (χ3v) is 1.90. The summed E-state index contributed by atoms with van der Waals surface area (Å²) in [5, 5.41) is 38.1. The number of nitrogens with one attached hydrogen (secondary N) is 1. The number of rotatable bonds is 1. The molecule has 0 bridgehead atoms. The molecule has 0 spiro atoms. The van der Waals surface area contributed by atoms with E-state index in [-0.39, 0.29) is 6.54 Å². The monoisotopic (exact) mass is 177 g/mol. The number of carboxylic acid groups (broad SMARTS) is 1. The van der Waals surface area contributed by atoms with Gasteiger partial charge in [-0.15, -0.1) is 0 Å². The summed E-state index contributed by atoms with van der Waals surface area (Å²) in [4.78, 5) is 10.4. The Morgan fingerprint density at radius 1 is 1.25 bits per heavy atom. The second kappa shape index (κ2) is 3.36. The Hall–Kier alpha value is -0.690. The van der Waals surface area contributed by atoms with Crippen molar-refractivity contribution in [3.05, 3.63) is 0 Å². The summed E-state index contributed by atoms with van der Waals surface area (Å²) < 4.78 is 0. The van der Waals surface area contributed by atoms with Gasteiger partial charge < -0.3 is 20.4 Å². The molecule has 0 aromatic carbocycles. The minimum Gasteiger partial charge on any atom is -0.480 e. The Balaban J connectivity index is 2.65. The van der Waals surface area contributed by atoms with Crippen LogP contribution in [0.2, 0.25) is 0 Å². The second-order valence-corrected chi connectivity index (χ2v) is 2.77. The molecule has 1 heterocycles. The average molecular weight is 177 g/mol. The number of hydrogen-bond donors (Lipinski definition) is 5. The lowest BCUT2D eigenvalue weighted by atomic mass is 9.96. The Morgan fingerprint density at radius 2 is 1.83 bits per heavy atom. The van der Waals surface area contributed by atoms with Crippen LogP contribution in [0.3, 0.4) is 0 Å². The van der Waals surface area contributed by atoms with Crippen molar-refractivity contribution in [2.45, 2.75) is 24.4 Å². The average Bonchev–Trinajstić information content (AvgIpc) is 2.00. The Kier molecular flexibility index (Phi) is 2.63. The molecular weight excluding hydrogens is 166 g/mol. The number of aliphatic hydroxyl groups excluding tert-OH is 3.